The maximum atomic E-state index is 6.03. The minimum absolute atomic E-state index is 0.281. The minimum atomic E-state index is 0.281. The number of epoxide rings is 1. The van der Waals surface area contributed by atoms with Gasteiger partial charge in [0.25, 0.3) is 0 Å². The molecule has 0 amide bonds. The molecule has 2 heteroatoms. The van der Waals surface area contributed by atoms with Gasteiger partial charge in [-0.3, -0.25) is 0 Å². The summed E-state index contributed by atoms with van der Waals surface area (Å²) in [7, 11) is 1.82. The molecule has 0 aromatic heterocycles. The van der Waals surface area contributed by atoms with Gasteiger partial charge in [0.2, 0.25) is 0 Å². The van der Waals surface area contributed by atoms with Crippen LogP contribution < -0.4 is 0 Å². The molecule has 0 N–H and O–H groups in total. The number of rotatable bonds is 1. The van der Waals surface area contributed by atoms with Crippen LogP contribution >= 0.6 is 0 Å². The van der Waals surface area contributed by atoms with Gasteiger partial charge in [0.15, 0.2) is 0 Å². The average Bonchev–Trinajstić information content (AvgIpc) is 3.28. The van der Waals surface area contributed by atoms with Crippen LogP contribution in [0.5, 0.6) is 0 Å². The van der Waals surface area contributed by atoms with Gasteiger partial charge in [-0.1, -0.05) is 19.9 Å². The highest BCUT2D eigenvalue weighted by atomic mass is 16.6. The van der Waals surface area contributed by atoms with Crippen molar-refractivity contribution < 1.29 is 9.47 Å². The van der Waals surface area contributed by atoms with Crippen molar-refractivity contribution in [3.63, 3.8) is 0 Å². The Labute approximate surface area is 140 Å². The topological polar surface area (TPSA) is 21.8 Å². The Balaban J connectivity index is 1.51. The summed E-state index contributed by atoms with van der Waals surface area (Å²) in [4.78, 5) is 0. The fourth-order valence-corrected chi connectivity index (χ4v) is 7.11. The smallest absolute Gasteiger partial charge is 0.0972 e. The molecule has 3 fully saturated rings. The summed E-state index contributed by atoms with van der Waals surface area (Å²) >= 11 is 0. The summed E-state index contributed by atoms with van der Waals surface area (Å²) in [5.41, 5.74) is 2.69. The average molecular weight is 314 g/mol. The highest BCUT2D eigenvalue weighted by Gasteiger charge is 2.69. The van der Waals surface area contributed by atoms with E-state index >= 15 is 0 Å². The van der Waals surface area contributed by atoms with Gasteiger partial charge in [-0.25, -0.2) is 0 Å². The largest absolute Gasteiger partial charge is 0.501 e. The molecule has 5 rings (SSSR count). The maximum Gasteiger partial charge on any atom is 0.0972 e. The fraction of sp³-hybridized carbons (Fsp3) is 0.810. The van der Waals surface area contributed by atoms with Crippen LogP contribution in [0.15, 0.2) is 23.5 Å². The standard InChI is InChI=1S/C21H30O2/c1-19-9-6-15(22-3)12-14(19)4-5-16-17(19)7-10-20(2)18(16)8-11-21(20)13-23-21/h4,12,16-18H,5-11,13H2,1-3H3/t16?,17?,18?,19?,20?,21-/m1/s1. The molecular formula is C21H30O2. The lowest BCUT2D eigenvalue weighted by atomic mass is 9.48. The van der Waals surface area contributed by atoms with Crippen LogP contribution in [0, 0.1) is 28.6 Å². The minimum Gasteiger partial charge on any atom is -0.501 e. The van der Waals surface area contributed by atoms with E-state index in [-0.39, 0.29) is 5.60 Å². The normalized spacial score (nSPS) is 53.8. The Morgan fingerprint density at radius 2 is 1.91 bits per heavy atom. The second-order valence-electron chi connectivity index (χ2n) is 9.28. The van der Waals surface area contributed by atoms with E-state index in [4.69, 9.17) is 9.47 Å². The zero-order valence-corrected chi connectivity index (χ0v) is 14.9. The molecule has 5 unspecified atom stereocenters. The molecule has 5 aliphatic rings. The lowest BCUT2D eigenvalue weighted by molar-refractivity contribution is -0.0446. The Morgan fingerprint density at radius 1 is 1.13 bits per heavy atom. The molecule has 2 saturated carbocycles. The van der Waals surface area contributed by atoms with Gasteiger partial charge in [-0.2, -0.15) is 0 Å². The van der Waals surface area contributed by atoms with Crippen molar-refractivity contribution in [3.05, 3.63) is 23.5 Å². The van der Waals surface area contributed by atoms with Crippen molar-refractivity contribution in [1.82, 2.24) is 0 Å². The van der Waals surface area contributed by atoms with E-state index in [1.54, 1.807) is 5.57 Å². The summed E-state index contributed by atoms with van der Waals surface area (Å²) < 4.78 is 11.6. The fourth-order valence-electron chi connectivity index (χ4n) is 7.11. The molecule has 1 spiro atoms. The summed E-state index contributed by atoms with van der Waals surface area (Å²) in [5, 5.41) is 0. The van der Waals surface area contributed by atoms with Crippen molar-refractivity contribution in [2.45, 2.75) is 64.4 Å². The molecule has 1 saturated heterocycles. The lowest BCUT2D eigenvalue weighted by Gasteiger charge is -2.56. The highest BCUT2D eigenvalue weighted by Crippen LogP contribution is 2.70. The first-order valence-electron chi connectivity index (χ1n) is 9.62. The summed E-state index contributed by atoms with van der Waals surface area (Å²) in [6.07, 6.45) is 14.1. The van der Waals surface area contributed by atoms with E-state index < -0.39 is 0 Å². The van der Waals surface area contributed by atoms with Gasteiger partial charge >= 0.3 is 0 Å². The molecule has 126 valence electrons. The number of hydrogen-bond donors (Lipinski definition) is 0. The summed E-state index contributed by atoms with van der Waals surface area (Å²) in [5.74, 6) is 3.80. The molecule has 1 aliphatic heterocycles. The predicted molar refractivity (Wildman–Crippen MR) is 90.9 cm³/mol. The second kappa shape index (κ2) is 4.45. The molecule has 0 aromatic carbocycles. The van der Waals surface area contributed by atoms with Gasteiger partial charge in [0.05, 0.1) is 25.1 Å². The molecule has 0 bridgehead atoms. The van der Waals surface area contributed by atoms with Crippen LogP contribution in [0.25, 0.3) is 0 Å². The highest BCUT2D eigenvalue weighted by molar-refractivity contribution is 5.36. The SMILES string of the molecule is COC1=CC2=CCC3C(CCC4(C)C3CC[C@@]43CO3)C2(C)CC1. The zero-order chi connectivity index (χ0) is 15.9. The van der Waals surface area contributed by atoms with E-state index in [1.165, 1.54) is 44.3 Å². The molecule has 4 aliphatic carbocycles. The number of hydrogen-bond acceptors (Lipinski definition) is 2. The molecule has 0 aromatic rings. The van der Waals surface area contributed by atoms with Crippen LogP contribution in [0.2, 0.25) is 0 Å². The quantitative estimate of drug-likeness (QED) is 0.645. The molecule has 2 nitrogen and oxygen atoms in total. The predicted octanol–water partition coefficient (Wildman–Crippen LogP) is 4.86. The first kappa shape index (κ1) is 14.6. The van der Waals surface area contributed by atoms with E-state index in [0.29, 0.717) is 10.8 Å². The second-order valence-corrected chi connectivity index (χ2v) is 9.28. The van der Waals surface area contributed by atoms with E-state index in [1.807, 2.05) is 7.11 Å². The number of fused-ring (bicyclic) bond motifs is 6. The molecule has 0 radical (unpaired) electrons. The number of methoxy groups -OCH3 is 1. The molecule has 6 atom stereocenters. The van der Waals surface area contributed by atoms with Crippen molar-refractivity contribution in [1.29, 1.82) is 0 Å². The summed E-state index contributed by atoms with van der Waals surface area (Å²) in [6, 6.07) is 0. The van der Waals surface area contributed by atoms with Crippen LogP contribution in [0.1, 0.15) is 58.8 Å². The Morgan fingerprint density at radius 3 is 2.65 bits per heavy atom. The maximum absolute atomic E-state index is 6.03. The Kier molecular flexibility index (Phi) is 2.82. The molecule has 23 heavy (non-hydrogen) atoms. The first-order chi connectivity index (χ1) is 11.0. The van der Waals surface area contributed by atoms with Crippen LogP contribution in [-0.2, 0) is 9.47 Å². The van der Waals surface area contributed by atoms with Gasteiger partial charge in [0.1, 0.15) is 0 Å². The van der Waals surface area contributed by atoms with E-state index in [2.05, 4.69) is 26.0 Å². The monoisotopic (exact) mass is 314 g/mol. The van der Waals surface area contributed by atoms with Gasteiger partial charge < -0.3 is 9.47 Å². The van der Waals surface area contributed by atoms with Crippen LogP contribution in [0.3, 0.4) is 0 Å². The number of ether oxygens (including phenoxy) is 2. The van der Waals surface area contributed by atoms with Gasteiger partial charge in [-0.05, 0) is 73.3 Å². The van der Waals surface area contributed by atoms with Crippen molar-refractivity contribution in [2.24, 2.45) is 28.6 Å². The zero-order valence-electron chi connectivity index (χ0n) is 14.9. The third kappa shape index (κ3) is 1.69. The third-order valence-corrected chi connectivity index (χ3v) is 8.78. The Hall–Kier alpha value is -0.760. The van der Waals surface area contributed by atoms with Gasteiger partial charge in [-0.15, -0.1) is 0 Å². The first-order valence-corrected chi connectivity index (χ1v) is 9.62. The lowest BCUT2D eigenvalue weighted by Crippen LogP contribution is -2.50. The van der Waals surface area contributed by atoms with Crippen LogP contribution in [0.4, 0.5) is 0 Å². The van der Waals surface area contributed by atoms with Crippen LogP contribution in [-0.4, -0.2) is 19.3 Å². The van der Waals surface area contributed by atoms with Gasteiger partial charge in [0, 0.05) is 11.8 Å². The molecule has 1 heterocycles. The number of allylic oxidation sites excluding steroid dienone is 4. The molecular weight excluding hydrogens is 284 g/mol. The van der Waals surface area contributed by atoms with Crippen molar-refractivity contribution in [2.75, 3.05) is 13.7 Å². The van der Waals surface area contributed by atoms with Crippen molar-refractivity contribution >= 4 is 0 Å². The van der Waals surface area contributed by atoms with E-state index in [0.717, 1.165) is 30.8 Å². The van der Waals surface area contributed by atoms with E-state index in [9.17, 15) is 0 Å². The van der Waals surface area contributed by atoms with Crippen molar-refractivity contribution in [3.8, 4) is 0 Å². The summed E-state index contributed by atoms with van der Waals surface area (Å²) in [6.45, 7) is 6.13. The third-order valence-electron chi connectivity index (χ3n) is 8.78. The Bertz CT molecular complexity index is 599.